The van der Waals surface area contributed by atoms with Crippen LogP contribution < -0.4 is 0 Å². The van der Waals surface area contributed by atoms with Crippen LogP contribution in [-0.2, 0) is 14.2 Å². The molecule has 0 spiro atoms. The van der Waals surface area contributed by atoms with E-state index in [2.05, 4.69) is 11.8 Å². The van der Waals surface area contributed by atoms with Gasteiger partial charge in [-0.2, -0.15) is 0 Å². The highest BCUT2D eigenvalue weighted by atomic mass is 16.7. The summed E-state index contributed by atoms with van der Waals surface area (Å²) >= 11 is 0. The Kier molecular flexibility index (Phi) is 5.40. The highest BCUT2D eigenvalue weighted by Crippen LogP contribution is 2.07. The van der Waals surface area contributed by atoms with Crippen LogP contribution in [0.15, 0.2) is 0 Å². The van der Waals surface area contributed by atoms with E-state index in [4.69, 9.17) is 14.2 Å². The number of nitrogens with zero attached hydrogens (tertiary/aromatic N) is 1. The van der Waals surface area contributed by atoms with Crippen molar-refractivity contribution in [2.75, 3.05) is 40.5 Å². The number of hydrogen-bond donors (Lipinski definition) is 0. The summed E-state index contributed by atoms with van der Waals surface area (Å²) < 4.78 is 15.9. The molecule has 84 valence electrons. The average molecular weight is 203 g/mol. The van der Waals surface area contributed by atoms with Gasteiger partial charge in [0.05, 0.1) is 6.10 Å². The van der Waals surface area contributed by atoms with Gasteiger partial charge in [-0.3, -0.25) is 4.90 Å². The van der Waals surface area contributed by atoms with Crippen molar-refractivity contribution in [3.63, 3.8) is 0 Å². The van der Waals surface area contributed by atoms with Gasteiger partial charge in [0.1, 0.15) is 0 Å². The lowest BCUT2D eigenvalue weighted by Gasteiger charge is -2.25. The second kappa shape index (κ2) is 6.35. The molecular weight excluding hydrogens is 182 g/mol. The molecule has 1 aliphatic heterocycles. The minimum atomic E-state index is -0.125. The Labute approximate surface area is 86.1 Å². The average Bonchev–Trinajstić information content (AvgIpc) is 2.39. The van der Waals surface area contributed by atoms with Crippen LogP contribution in [-0.4, -0.2) is 57.8 Å². The molecule has 1 atom stereocenters. The van der Waals surface area contributed by atoms with E-state index in [1.54, 1.807) is 14.2 Å². The van der Waals surface area contributed by atoms with Gasteiger partial charge in [-0.15, -0.1) is 0 Å². The van der Waals surface area contributed by atoms with E-state index in [1.165, 1.54) is 0 Å². The molecule has 0 aromatic rings. The van der Waals surface area contributed by atoms with Gasteiger partial charge in [0.15, 0.2) is 6.29 Å². The van der Waals surface area contributed by atoms with Crippen LogP contribution in [0.25, 0.3) is 0 Å². The molecule has 1 aliphatic rings. The lowest BCUT2D eigenvalue weighted by atomic mass is 10.3. The molecule has 4 nitrogen and oxygen atoms in total. The molecule has 0 saturated carbocycles. The Hall–Kier alpha value is -0.160. The Morgan fingerprint density at radius 2 is 2.14 bits per heavy atom. The topological polar surface area (TPSA) is 30.9 Å². The van der Waals surface area contributed by atoms with Crippen LogP contribution >= 0.6 is 0 Å². The van der Waals surface area contributed by atoms with E-state index >= 15 is 0 Å². The van der Waals surface area contributed by atoms with Crippen LogP contribution in [0.4, 0.5) is 0 Å². The Bertz CT molecular complexity index is 150. The van der Waals surface area contributed by atoms with Crippen molar-refractivity contribution < 1.29 is 14.2 Å². The molecule has 1 saturated heterocycles. The molecule has 0 bridgehead atoms. The molecule has 14 heavy (non-hydrogen) atoms. The van der Waals surface area contributed by atoms with Crippen LogP contribution in [0.1, 0.15) is 13.3 Å². The van der Waals surface area contributed by atoms with Crippen LogP contribution in [0, 0.1) is 0 Å². The highest BCUT2D eigenvalue weighted by molar-refractivity contribution is 4.67. The summed E-state index contributed by atoms with van der Waals surface area (Å²) in [6.45, 7) is 5.81. The maximum absolute atomic E-state index is 5.56. The fourth-order valence-corrected chi connectivity index (χ4v) is 1.70. The second-order valence-corrected chi connectivity index (χ2v) is 3.70. The monoisotopic (exact) mass is 203 g/mol. The van der Waals surface area contributed by atoms with E-state index in [9.17, 15) is 0 Å². The maximum Gasteiger partial charge on any atom is 0.169 e. The van der Waals surface area contributed by atoms with Crippen molar-refractivity contribution in [3.8, 4) is 0 Å². The standard InChI is InChI=1S/C10H21NO3/c1-9-7-11(5-4-6-14-9)8-10(12-2)13-3/h9-10H,4-8H2,1-3H3. The first-order chi connectivity index (χ1) is 6.76. The van der Waals surface area contributed by atoms with E-state index in [0.29, 0.717) is 6.10 Å². The maximum atomic E-state index is 5.56. The van der Waals surface area contributed by atoms with E-state index in [0.717, 1.165) is 32.7 Å². The Morgan fingerprint density at radius 3 is 2.79 bits per heavy atom. The number of ether oxygens (including phenoxy) is 3. The number of rotatable bonds is 4. The van der Waals surface area contributed by atoms with Gasteiger partial charge in [-0.1, -0.05) is 0 Å². The second-order valence-electron chi connectivity index (χ2n) is 3.70. The molecule has 1 fully saturated rings. The summed E-state index contributed by atoms with van der Waals surface area (Å²) in [5.41, 5.74) is 0. The summed E-state index contributed by atoms with van der Waals surface area (Å²) in [4.78, 5) is 2.33. The zero-order valence-electron chi connectivity index (χ0n) is 9.36. The van der Waals surface area contributed by atoms with Gasteiger partial charge in [0.2, 0.25) is 0 Å². The first-order valence-corrected chi connectivity index (χ1v) is 5.15. The molecule has 0 amide bonds. The molecule has 1 unspecified atom stereocenters. The quantitative estimate of drug-likeness (QED) is 0.630. The van der Waals surface area contributed by atoms with E-state index in [1.807, 2.05) is 0 Å². The highest BCUT2D eigenvalue weighted by Gasteiger charge is 2.18. The third-order valence-corrected chi connectivity index (χ3v) is 2.47. The third kappa shape index (κ3) is 3.92. The third-order valence-electron chi connectivity index (χ3n) is 2.47. The van der Waals surface area contributed by atoms with Crippen LogP contribution in [0.2, 0.25) is 0 Å². The van der Waals surface area contributed by atoms with Gasteiger partial charge < -0.3 is 14.2 Å². The molecule has 1 rings (SSSR count). The van der Waals surface area contributed by atoms with Crippen LogP contribution in [0.5, 0.6) is 0 Å². The summed E-state index contributed by atoms with van der Waals surface area (Å²) in [7, 11) is 3.35. The molecule has 0 aromatic carbocycles. The summed E-state index contributed by atoms with van der Waals surface area (Å²) in [5.74, 6) is 0. The van der Waals surface area contributed by atoms with Gasteiger partial charge in [0.25, 0.3) is 0 Å². The van der Waals surface area contributed by atoms with Gasteiger partial charge in [-0.05, 0) is 13.3 Å². The largest absolute Gasteiger partial charge is 0.377 e. The van der Waals surface area contributed by atoms with Gasteiger partial charge in [-0.25, -0.2) is 0 Å². The summed E-state index contributed by atoms with van der Waals surface area (Å²) in [6, 6.07) is 0. The first-order valence-electron chi connectivity index (χ1n) is 5.15. The number of hydrogen-bond acceptors (Lipinski definition) is 4. The summed E-state index contributed by atoms with van der Waals surface area (Å²) in [6.07, 6.45) is 1.27. The molecular formula is C10H21NO3. The van der Waals surface area contributed by atoms with Crippen molar-refractivity contribution >= 4 is 0 Å². The summed E-state index contributed by atoms with van der Waals surface area (Å²) in [5, 5.41) is 0. The van der Waals surface area contributed by atoms with Crippen molar-refractivity contribution in [2.45, 2.75) is 25.7 Å². The number of methoxy groups -OCH3 is 2. The molecule has 0 N–H and O–H groups in total. The zero-order valence-corrected chi connectivity index (χ0v) is 9.36. The molecule has 0 radical (unpaired) electrons. The molecule has 0 aliphatic carbocycles. The smallest absolute Gasteiger partial charge is 0.169 e. The zero-order chi connectivity index (χ0) is 10.4. The van der Waals surface area contributed by atoms with Crippen molar-refractivity contribution in [3.05, 3.63) is 0 Å². The fourth-order valence-electron chi connectivity index (χ4n) is 1.70. The minimum absolute atomic E-state index is 0.125. The first kappa shape index (κ1) is 11.9. The van der Waals surface area contributed by atoms with Crippen LogP contribution in [0.3, 0.4) is 0 Å². The molecule has 1 heterocycles. The normalized spacial score (nSPS) is 25.3. The van der Waals surface area contributed by atoms with Crippen molar-refractivity contribution in [1.29, 1.82) is 0 Å². The minimum Gasteiger partial charge on any atom is -0.377 e. The lowest BCUT2D eigenvalue weighted by Crippen LogP contribution is -2.38. The van der Waals surface area contributed by atoms with E-state index < -0.39 is 0 Å². The SMILES string of the molecule is COC(CN1CCCOC(C)C1)OC. The van der Waals surface area contributed by atoms with Gasteiger partial charge >= 0.3 is 0 Å². The Balaban J connectivity index is 2.33. The van der Waals surface area contributed by atoms with E-state index in [-0.39, 0.29) is 6.29 Å². The predicted octanol–water partition coefficient (Wildman–Crippen LogP) is 0.716. The fraction of sp³-hybridized carbons (Fsp3) is 1.00. The molecule has 0 aromatic heterocycles. The Morgan fingerprint density at radius 1 is 1.43 bits per heavy atom. The van der Waals surface area contributed by atoms with Crippen molar-refractivity contribution in [1.82, 2.24) is 4.90 Å². The van der Waals surface area contributed by atoms with Gasteiger partial charge in [0, 0.05) is 40.5 Å². The lowest BCUT2D eigenvalue weighted by molar-refractivity contribution is -0.117. The molecule has 4 heteroatoms. The predicted molar refractivity (Wildman–Crippen MR) is 54.3 cm³/mol. The van der Waals surface area contributed by atoms with Crippen molar-refractivity contribution in [2.24, 2.45) is 0 Å².